The van der Waals surface area contributed by atoms with Gasteiger partial charge in [-0.1, -0.05) is 0 Å². The lowest BCUT2D eigenvalue weighted by atomic mass is 10.0. The number of rotatable bonds is 6. The van der Waals surface area contributed by atoms with Gasteiger partial charge in [-0.25, -0.2) is 4.68 Å². The van der Waals surface area contributed by atoms with Gasteiger partial charge in [-0.2, -0.15) is 20.1 Å². The highest BCUT2D eigenvalue weighted by Gasteiger charge is 2.29. The first kappa shape index (κ1) is 14.1. The Hall–Kier alpha value is -2.30. The van der Waals surface area contributed by atoms with Gasteiger partial charge in [-0.3, -0.25) is 0 Å². The number of aliphatic hydroxyl groups excluding tert-OH is 3. The number of nitrogen functional groups attached to an aromatic ring is 1. The zero-order chi connectivity index (χ0) is 14.6. The Morgan fingerprint density at radius 2 is 1.85 bits per heavy atom. The molecule has 0 atom stereocenters. The molecule has 0 fully saturated rings. The number of nitrogens with zero attached hydrogens (tertiary/aromatic N) is 5. The minimum Gasteiger partial charge on any atom is -0.394 e. The van der Waals surface area contributed by atoms with Crippen LogP contribution in [0.3, 0.4) is 0 Å². The van der Waals surface area contributed by atoms with Crippen molar-refractivity contribution in [3.05, 3.63) is 18.5 Å². The molecule has 0 amide bonds. The first-order chi connectivity index (χ1) is 9.62. The number of nitrogens with two attached hydrogens (primary N) is 1. The number of anilines is 2. The van der Waals surface area contributed by atoms with Crippen LogP contribution >= 0.6 is 0 Å². The van der Waals surface area contributed by atoms with Gasteiger partial charge in [0.25, 0.3) is 5.95 Å². The fourth-order valence-electron chi connectivity index (χ4n) is 1.43. The van der Waals surface area contributed by atoms with Crippen molar-refractivity contribution < 1.29 is 15.3 Å². The van der Waals surface area contributed by atoms with Crippen LogP contribution in [0.15, 0.2) is 18.5 Å². The molecule has 10 nitrogen and oxygen atoms in total. The van der Waals surface area contributed by atoms with Gasteiger partial charge in [0.2, 0.25) is 11.9 Å². The normalized spacial score (nSPS) is 11.6. The van der Waals surface area contributed by atoms with E-state index in [0.29, 0.717) is 0 Å². The van der Waals surface area contributed by atoms with E-state index in [9.17, 15) is 15.3 Å². The van der Waals surface area contributed by atoms with E-state index in [4.69, 9.17) is 5.73 Å². The zero-order valence-corrected chi connectivity index (χ0v) is 10.5. The average molecular weight is 281 g/mol. The minimum absolute atomic E-state index is 0.0140. The highest BCUT2D eigenvalue weighted by molar-refractivity contribution is 5.37. The summed E-state index contributed by atoms with van der Waals surface area (Å²) in [5.41, 5.74) is 4.23. The molecule has 0 saturated heterocycles. The Labute approximate surface area is 113 Å². The van der Waals surface area contributed by atoms with Gasteiger partial charge in [0.05, 0.1) is 19.8 Å². The number of aromatic nitrogens is 5. The van der Waals surface area contributed by atoms with Gasteiger partial charge in [-0.05, 0) is 6.07 Å². The molecule has 108 valence electrons. The van der Waals surface area contributed by atoms with Crippen molar-refractivity contribution in [2.75, 3.05) is 30.9 Å². The van der Waals surface area contributed by atoms with Crippen molar-refractivity contribution in [3.8, 4) is 5.95 Å². The largest absolute Gasteiger partial charge is 0.394 e. The Bertz CT molecular complexity index is 548. The molecule has 20 heavy (non-hydrogen) atoms. The standard InChI is InChI=1S/C10H15N7O3/c11-7-13-8(16-10(4-18,5-19)6-20)15-9(14-7)17-3-1-2-12-17/h1-3,18-20H,4-6H2,(H3,11,13,14,15,16). The summed E-state index contributed by atoms with van der Waals surface area (Å²) in [6, 6.07) is 1.69. The van der Waals surface area contributed by atoms with Gasteiger partial charge >= 0.3 is 0 Å². The van der Waals surface area contributed by atoms with Crippen LogP contribution in [0.1, 0.15) is 0 Å². The van der Waals surface area contributed by atoms with Crippen molar-refractivity contribution in [1.29, 1.82) is 0 Å². The summed E-state index contributed by atoms with van der Waals surface area (Å²) in [5.74, 6) is 0.128. The van der Waals surface area contributed by atoms with E-state index < -0.39 is 25.4 Å². The van der Waals surface area contributed by atoms with Crippen LogP contribution in [0.25, 0.3) is 5.95 Å². The number of hydrogen-bond acceptors (Lipinski definition) is 9. The molecule has 2 aromatic rings. The maximum Gasteiger partial charge on any atom is 0.257 e. The van der Waals surface area contributed by atoms with E-state index in [2.05, 4.69) is 25.4 Å². The average Bonchev–Trinajstić information content (AvgIpc) is 2.98. The third-order valence-corrected chi connectivity index (χ3v) is 2.64. The first-order valence-electron chi connectivity index (χ1n) is 5.75. The van der Waals surface area contributed by atoms with Crippen molar-refractivity contribution in [1.82, 2.24) is 24.7 Å². The molecule has 0 aliphatic rings. The van der Waals surface area contributed by atoms with Crippen LogP contribution in [0.2, 0.25) is 0 Å². The molecular weight excluding hydrogens is 266 g/mol. The van der Waals surface area contributed by atoms with E-state index in [-0.39, 0.29) is 17.8 Å². The van der Waals surface area contributed by atoms with Crippen LogP contribution in [0, 0.1) is 0 Å². The quantitative estimate of drug-likeness (QED) is 0.395. The summed E-state index contributed by atoms with van der Waals surface area (Å²) >= 11 is 0. The van der Waals surface area contributed by atoms with Crippen molar-refractivity contribution in [2.24, 2.45) is 0 Å². The molecular formula is C10H15N7O3. The van der Waals surface area contributed by atoms with Gasteiger partial charge < -0.3 is 26.4 Å². The van der Waals surface area contributed by atoms with E-state index in [1.807, 2.05) is 0 Å². The summed E-state index contributed by atoms with van der Waals surface area (Å²) in [6.45, 7) is -1.53. The Kier molecular flexibility index (Phi) is 4.08. The lowest BCUT2D eigenvalue weighted by molar-refractivity contribution is 0.0828. The Balaban J connectivity index is 2.33. The minimum atomic E-state index is -1.35. The van der Waals surface area contributed by atoms with Gasteiger partial charge in [-0.15, -0.1) is 0 Å². The van der Waals surface area contributed by atoms with Gasteiger partial charge in [0, 0.05) is 12.4 Å². The van der Waals surface area contributed by atoms with Crippen molar-refractivity contribution in [2.45, 2.75) is 5.54 Å². The summed E-state index contributed by atoms with van der Waals surface area (Å²) < 4.78 is 1.38. The molecule has 2 aromatic heterocycles. The molecule has 0 unspecified atom stereocenters. The predicted molar refractivity (Wildman–Crippen MR) is 69.0 cm³/mol. The molecule has 0 radical (unpaired) electrons. The third-order valence-electron chi connectivity index (χ3n) is 2.64. The number of nitrogens with one attached hydrogen (secondary N) is 1. The topological polar surface area (TPSA) is 155 Å². The molecule has 0 aromatic carbocycles. The van der Waals surface area contributed by atoms with E-state index in [1.54, 1.807) is 18.5 Å². The predicted octanol–water partition coefficient (Wildman–Crippen LogP) is -2.23. The van der Waals surface area contributed by atoms with E-state index in [1.165, 1.54) is 4.68 Å². The first-order valence-corrected chi connectivity index (χ1v) is 5.75. The maximum absolute atomic E-state index is 9.26. The third kappa shape index (κ3) is 2.82. The Morgan fingerprint density at radius 3 is 2.40 bits per heavy atom. The molecule has 10 heteroatoms. The smallest absolute Gasteiger partial charge is 0.257 e. The second kappa shape index (κ2) is 5.77. The fraction of sp³-hybridized carbons (Fsp3) is 0.400. The zero-order valence-electron chi connectivity index (χ0n) is 10.5. The Morgan fingerprint density at radius 1 is 1.15 bits per heavy atom. The van der Waals surface area contributed by atoms with Crippen LogP contribution in [0.5, 0.6) is 0 Å². The summed E-state index contributed by atoms with van der Waals surface area (Å²) in [4.78, 5) is 11.8. The molecule has 0 aliphatic carbocycles. The molecule has 0 aliphatic heterocycles. The highest BCUT2D eigenvalue weighted by Crippen LogP contribution is 2.13. The van der Waals surface area contributed by atoms with Crippen molar-refractivity contribution >= 4 is 11.9 Å². The van der Waals surface area contributed by atoms with Gasteiger partial charge in [0.15, 0.2) is 0 Å². The molecule has 0 bridgehead atoms. The monoisotopic (exact) mass is 281 g/mol. The second-order valence-electron chi connectivity index (χ2n) is 4.15. The maximum atomic E-state index is 9.26. The second-order valence-corrected chi connectivity index (χ2v) is 4.15. The summed E-state index contributed by atoms with van der Waals surface area (Å²) in [7, 11) is 0. The molecule has 6 N–H and O–H groups in total. The summed E-state index contributed by atoms with van der Waals surface area (Å²) in [5, 5.41) is 34.4. The fourth-order valence-corrected chi connectivity index (χ4v) is 1.43. The molecule has 2 heterocycles. The van der Waals surface area contributed by atoms with Gasteiger partial charge in [0.1, 0.15) is 5.54 Å². The molecule has 2 rings (SSSR count). The molecule has 0 spiro atoms. The van der Waals surface area contributed by atoms with Crippen molar-refractivity contribution in [3.63, 3.8) is 0 Å². The number of aliphatic hydroxyl groups is 3. The van der Waals surface area contributed by atoms with E-state index >= 15 is 0 Å². The van der Waals surface area contributed by atoms with Crippen LogP contribution in [0.4, 0.5) is 11.9 Å². The van der Waals surface area contributed by atoms with Crippen LogP contribution in [-0.4, -0.2) is 65.4 Å². The highest BCUT2D eigenvalue weighted by atomic mass is 16.3. The number of hydrogen-bond donors (Lipinski definition) is 5. The lowest BCUT2D eigenvalue weighted by Crippen LogP contribution is -2.49. The van der Waals surface area contributed by atoms with E-state index in [0.717, 1.165) is 0 Å². The summed E-state index contributed by atoms with van der Waals surface area (Å²) in [6.07, 6.45) is 3.17. The SMILES string of the molecule is Nc1nc(NC(CO)(CO)CO)nc(-n2cccn2)n1. The molecule has 0 saturated carbocycles. The lowest BCUT2D eigenvalue weighted by Gasteiger charge is -2.28. The van der Waals surface area contributed by atoms with Crippen LogP contribution in [-0.2, 0) is 0 Å². The van der Waals surface area contributed by atoms with Crippen LogP contribution < -0.4 is 11.1 Å².